The van der Waals surface area contributed by atoms with E-state index in [1.54, 1.807) is 37.4 Å². The van der Waals surface area contributed by atoms with Crippen LogP contribution in [-0.2, 0) is 10.0 Å². The second kappa shape index (κ2) is 10.4. The topological polar surface area (TPSA) is 70.2 Å². The van der Waals surface area contributed by atoms with Crippen LogP contribution in [0.2, 0.25) is 0 Å². The van der Waals surface area contributed by atoms with E-state index in [1.165, 1.54) is 22.7 Å². The number of carbonyl (C=O) groups is 1. The number of thiophene rings is 1. The Bertz CT molecular complexity index is 1550. The van der Waals surface area contributed by atoms with Crippen molar-refractivity contribution in [1.29, 1.82) is 0 Å². The predicted octanol–water partition coefficient (Wildman–Crippen LogP) is 5.46. The van der Waals surface area contributed by atoms with Crippen LogP contribution >= 0.6 is 27.3 Å². The highest BCUT2D eigenvalue weighted by Gasteiger charge is 2.26. The SMILES string of the molecule is COc1ccccc1N1CCN(C(=O)c2cc3cc(N(C)S(=O)(=O)c4ccc(Br)cc4)ccc3s2)CC1. The van der Waals surface area contributed by atoms with Crippen molar-refractivity contribution >= 4 is 64.7 Å². The summed E-state index contributed by atoms with van der Waals surface area (Å²) in [4.78, 5) is 18.3. The van der Waals surface area contributed by atoms with Crippen molar-refractivity contribution < 1.29 is 17.9 Å². The molecule has 1 aliphatic heterocycles. The molecule has 0 atom stereocenters. The van der Waals surface area contributed by atoms with Gasteiger partial charge in [0.15, 0.2) is 0 Å². The zero-order valence-corrected chi connectivity index (χ0v) is 23.6. The van der Waals surface area contributed by atoms with Gasteiger partial charge in [-0.1, -0.05) is 28.1 Å². The minimum absolute atomic E-state index is 0.00161. The Kier molecular flexibility index (Phi) is 7.15. The Morgan fingerprint density at radius 2 is 1.68 bits per heavy atom. The number of hydrogen-bond acceptors (Lipinski definition) is 6. The van der Waals surface area contributed by atoms with Gasteiger partial charge in [-0.3, -0.25) is 9.10 Å². The number of piperazine rings is 1. The normalized spacial score (nSPS) is 14.1. The molecule has 1 aromatic heterocycles. The minimum Gasteiger partial charge on any atom is -0.495 e. The van der Waals surface area contributed by atoms with E-state index < -0.39 is 10.0 Å². The fourth-order valence-corrected chi connectivity index (χ4v) is 6.90. The summed E-state index contributed by atoms with van der Waals surface area (Å²) in [7, 11) is -0.504. The van der Waals surface area contributed by atoms with Crippen molar-refractivity contribution in [3.05, 3.63) is 82.1 Å². The largest absolute Gasteiger partial charge is 0.495 e. The molecule has 192 valence electrons. The molecule has 1 aliphatic rings. The molecule has 0 radical (unpaired) electrons. The van der Waals surface area contributed by atoms with E-state index >= 15 is 0 Å². The van der Waals surface area contributed by atoms with Gasteiger partial charge in [0.2, 0.25) is 0 Å². The smallest absolute Gasteiger partial charge is 0.264 e. The molecule has 0 bridgehead atoms. The molecule has 1 saturated heterocycles. The van der Waals surface area contributed by atoms with Crippen molar-refractivity contribution in [2.24, 2.45) is 0 Å². The molecule has 3 aromatic carbocycles. The Morgan fingerprint density at radius 1 is 0.973 bits per heavy atom. The van der Waals surface area contributed by atoms with E-state index in [9.17, 15) is 13.2 Å². The third-order valence-corrected chi connectivity index (χ3v) is 9.97. The third-order valence-electron chi connectivity index (χ3n) is 6.54. The van der Waals surface area contributed by atoms with Gasteiger partial charge < -0.3 is 14.5 Å². The lowest BCUT2D eigenvalue weighted by molar-refractivity contribution is 0.0751. The summed E-state index contributed by atoms with van der Waals surface area (Å²) in [5, 5.41) is 0.844. The first-order valence-electron chi connectivity index (χ1n) is 11.7. The van der Waals surface area contributed by atoms with Crippen molar-refractivity contribution in [2.45, 2.75) is 4.90 Å². The lowest BCUT2D eigenvalue weighted by atomic mass is 10.2. The molecular weight excluding hydrogens is 574 g/mol. The Morgan fingerprint density at radius 3 is 2.38 bits per heavy atom. The monoisotopic (exact) mass is 599 g/mol. The fraction of sp³-hybridized carbons (Fsp3) is 0.222. The van der Waals surface area contributed by atoms with Crippen LogP contribution < -0.4 is 13.9 Å². The van der Waals surface area contributed by atoms with Crippen LogP contribution in [0.5, 0.6) is 5.75 Å². The maximum Gasteiger partial charge on any atom is 0.264 e. The Balaban J connectivity index is 1.31. The zero-order chi connectivity index (χ0) is 26.2. The summed E-state index contributed by atoms with van der Waals surface area (Å²) in [5.74, 6) is 0.827. The van der Waals surface area contributed by atoms with E-state index in [1.807, 2.05) is 47.4 Å². The van der Waals surface area contributed by atoms with Gasteiger partial charge in [0, 0.05) is 42.4 Å². The summed E-state index contributed by atoms with van der Waals surface area (Å²) in [5.41, 5.74) is 1.58. The molecule has 0 N–H and O–H groups in total. The molecule has 4 aromatic rings. The quantitative estimate of drug-likeness (QED) is 0.294. The molecule has 7 nitrogen and oxygen atoms in total. The molecule has 37 heavy (non-hydrogen) atoms. The number of hydrogen-bond donors (Lipinski definition) is 0. The second-order valence-corrected chi connectivity index (χ2v) is 12.7. The van der Waals surface area contributed by atoms with Gasteiger partial charge in [0.05, 0.1) is 28.3 Å². The summed E-state index contributed by atoms with van der Waals surface area (Å²) in [6.45, 7) is 2.68. The van der Waals surface area contributed by atoms with Gasteiger partial charge in [-0.2, -0.15) is 0 Å². The lowest BCUT2D eigenvalue weighted by Gasteiger charge is -2.36. The van der Waals surface area contributed by atoms with Crippen molar-refractivity contribution in [3.8, 4) is 5.75 Å². The van der Waals surface area contributed by atoms with Crippen LogP contribution in [0.25, 0.3) is 10.1 Å². The maximum atomic E-state index is 13.3. The molecule has 10 heteroatoms. The van der Waals surface area contributed by atoms with Crippen LogP contribution in [0, 0.1) is 0 Å². The van der Waals surface area contributed by atoms with Crippen LogP contribution in [0.3, 0.4) is 0 Å². The van der Waals surface area contributed by atoms with E-state index in [-0.39, 0.29) is 10.8 Å². The molecule has 0 spiro atoms. The van der Waals surface area contributed by atoms with Crippen LogP contribution in [-0.4, -0.2) is 59.6 Å². The average Bonchev–Trinajstić information content (AvgIpc) is 3.36. The number of halogens is 1. The highest BCUT2D eigenvalue weighted by Crippen LogP contribution is 2.33. The van der Waals surface area contributed by atoms with E-state index in [0.29, 0.717) is 23.7 Å². The van der Waals surface area contributed by atoms with Crippen LogP contribution in [0.1, 0.15) is 9.67 Å². The van der Waals surface area contributed by atoms with E-state index in [2.05, 4.69) is 20.8 Å². The summed E-state index contributed by atoms with van der Waals surface area (Å²) < 4.78 is 34.7. The van der Waals surface area contributed by atoms with E-state index in [4.69, 9.17) is 4.74 Å². The second-order valence-electron chi connectivity index (χ2n) is 8.71. The van der Waals surface area contributed by atoms with E-state index in [0.717, 1.165) is 39.1 Å². The van der Waals surface area contributed by atoms with Crippen LogP contribution in [0.15, 0.2) is 82.2 Å². The number of nitrogens with zero attached hydrogens (tertiary/aromatic N) is 3. The molecular formula is C27H26BrN3O4S2. The summed E-state index contributed by atoms with van der Waals surface area (Å²) in [6.07, 6.45) is 0. The number of sulfonamides is 1. The van der Waals surface area contributed by atoms with Crippen molar-refractivity contribution in [2.75, 3.05) is 49.5 Å². The first-order valence-corrected chi connectivity index (χ1v) is 14.8. The highest BCUT2D eigenvalue weighted by molar-refractivity contribution is 9.10. The molecule has 5 rings (SSSR count). The predicted molar refractivity (Wildman–Crippen MR) is 153 cm³/mol. The number of ether oxygens (including phenoxy) is 1. The van der Waals surface area contributed by atoms with Gasteiger partial charge in [-0.05, 0) is 66.0 Å². The number of anilines is 2. The zero-order valence-electron chi connectivity index (χ0n) is 20.4. The van der Waals surface area contributed by atoms with Gasteiger partial charge in [0.1, 0.15) is 5.75 Å². The van der Waals surface area contributed by atoms with Gasteiger partial charge in [-0.25, -0.2) is 8.42 Å². The van der Waals surface area contributed by atoms with Crippen molar-refractivity contribution in [1.82, 2.24) is 4.90 Å². The molecule has 0 unspecified atom stereocenters. The molecule has 1 fully saturated rings. The Labute approximate surface area is 229 Å². The standard InChI is InChI=1S/C27H26BrN3O4S2/c1-29(37(33,34)22-10-7-20(28)8-11-22)21-9-12-25-19(17-21)18-26(36-25)27(32)31-15-13-30(14-16-31)23-5-3-4-6-24(23)35-2/h3-12,17-18H,13-16H2,1-2H3. The van der Waals surface area contributed by atoms with Crippen molar-refractivity contribution in [3.63, 3.8) is 0 Å². The fourth-order valence-electron chi connectivity index (χ4n) is 4.43. The maximum absolute atomic E-state index is 13.3. The van der Waals surface area contributed by atoms with Crippen LogP contribution in [0.4, 0.5) is 11.4 Å². The third kappa shape index (κ3) is 5.05. The van der Waals surface area contributed by atoms with Gasteiger partial charge >= 0.3 is 0 Å². The van der Waals surface area contributed by atoms with Gasteiger partial charge in [0.25, 0.3) is 15.9 Å². The number of rotatable bonds is 6. The number of para-hydroxylation sites is 2. The average molecular weight is 601 g/mol. The summed E-state index contributed by atoms with van der Waals surface area (Å²) >= 11 is 4.77. The molecule has 0 aliphatic carbocycles. The summed E-state index contributed by atoms with van der Waals surface area (Å²) in [6, 6.07) is 21.8. The molecule has 0 saturated carbocycles. The number of benzene rings is 3. The number of amides is 1. The number of fused-ring (bicyclic) bond motifs is 1. The molecule has 2 heterocycles. The first kappa shape index (κ1) is 25.6. The first-order chi connectivity index (χ1) is 17.8. The number of carbonyl (C=O) groups excluding carboxylic acids is 1. The molecule has 1 amide bonds. The highest BCUT2D eigenvalue weighted by atomic mass is 79.9. The number of methoxy groups -OCH3 is 1. The minimum atomic E-state index is -3.71. The van der Waals surface area contributed by atoms with Gasteiger partial charge in [-0.15, -0.1) is 11.3 Å². The lowest BCUT2D eigenvalue weighted by Crippen LogP contribution is -2.48. The Hall–Kier alpha value is -3.08.